The van der Waals surface area contributed by atoms with Crippen LogP contribution in [0.4, 0.5) is 5.95 Å². The Hall–Kier alpha value is -3.35. The highest BCUT2D eigenvalue weighted by Crippen LogP contribution is 2.34. The van der Waals surface area contributed by atoms with Gasteiger partial charge in [0, 0.05) is 31.4 Å². The predicted molar refractivity (Wildman–Crippen MR) is 128 cm³/mol. The fraction of sp³-hybridized carbons (Fsp3) is 0.423. The summed E-state index contributed by atoms with van der Waals surface area (Å²) in [6, 6.07) is 14.0. The number of hydrogen-bond donors (Lipinski definition) is 0. The first-order valence-corrected chi connectivity index (χ1v) is 11.7. The number of aromatic nitrogens is 2. The van der Waals surface area contributed by atoms with Crippen LogP contribution in [0, 0.1) is 12.8 Å². The molecule has 0 radical (unpaired) electrons. The Bertz CT molecular complexity index is 1170. The third kappa shape index (κ3) is 4.19. The van der Waals surface area contributed by atoms with E-state index in [1.165, 1.54) is 0 Å². The van der Waals surface area contributed by atoms with Gasteiger partial charge in [-0.2, -0.15) is 0 Å². The van der Waals surface area contributed by atoms with Crippen molar-refractivity contribution in [2.75, 3.05) is 38.3 Å². The number of amides is 1. The molecule has 0 N–H and O–H groups in total. The number of carbonyl (C=O) groups is 1. The second-order valence-electron chi connectivity index (χ2n) is 8.92. The molecule has 1 fully saturated rings. The molecule has 1 aromatic heterocycles. The molecule has 2 aromatic carbocycles. The lowest BCUT2D eigenvalue weighted by Crippen LogP contribution is -2.42. The van der Waals surface area contributed by atoms with Gasteiger partial charge in [-0.25, -0.2) is 9.97 Å². The Morgan fingerprint density at radius 1 is 1.06 bits per heavy atom. The molecule has 172 valence electrons. The third-order valence-corrected chi connectivity index (χ3v) is 6.89. The second-order valence-corrected chi connectivity index (χ2v) is 8.92. The van der Waals surface area contributed by atoms with Crippen LogP contribution in [-0.4, -0.2) is 54.1 Å². The summed E-state index contributed by atoms with van der Waals surface area (Å²) < 4.78 is 11.3. The van der Waals surface area contributed by atoms with E-state index in [1.54, 1.807) is 0 Å². The molecule has 1 atom stereocenters. The minimum absolute atomic E-state index is 0.00691. The number of nitrogens with zero attached hydrogens (tertiary/aromatic N) is 4. The second kappa shape index (κ2) is 8.89. The Labute approximate surface area is 194 Å². The highest BCUT2D eigenvalue weighted by molar-refractivity contribution is 5.82. The molecule has 0 spiro atoms. The zero-order valence-corrected chi connectivity index (χ0v) is 19.5. The van der Waals surface area contributed by atoms with E-state index in [-0.39, 0.29) is 17.9 Å². The SMILES string of the molecule is Cc1nc(N2CCC(C(=O)N(C)[C@H](C)c3ccc4c(c3)OCCO4)CC2)nc2ccccc12. The van der Waals surface area contributed by atoms with Gasteiger partial charge in [0.25, 0.3) is 0 Å². The monoisotopic (exact) mass is 446 g/mol. The van der Waals surface area contributed by atoms with E-state index >= 15 is 0 Å². The van der Waals surface area contributed by atoms with E-state index < -0.39 is 0 Å². The first-order valence-electron chi connectivity index (χ1n) is 11.7. The summed E-state index contributed by atoms with van der Waals surface area (Å²) in [5.74, 6) is 2.48. The quantitative estimate of drug-likeness (QED) is 0.600. The van der Waals surface area contributed by atoms with Crippen molar-refractivity contribution in [2.24, 2.45) is 5.92 Å². The first kappa shape index (κ1) is 21.5. The smallest absolute Gasteiger partial charge is 0.226 e. The number of piperidine rings is 1. The van der Waals surface area contributed by atoms with Crippen molar-refractivity contribution in [1.29, 1.82) is 0 Å². The van der Waals surface area contributed by atoms with E-state index in [2.05, 4.69) is 17.9 Å². The van der Waals surface area contributed by atoms with Gasteiger partial charge in [-0.15, -0.1) is 0 Å². The van der Waals surface area contributed by atoms with Gasteiger partial charge in [0.05, 0.1) is 17.3 Å². The van der Waals surface area contributed by atoms with Crippen LogP contribution >= 0.6 is 0 Å². The maximum absolute atomic E-state index is 13.3. The zero-order valence-electron chi connectivity index (χ0n) is 19.5. The number of ether oxygens (including phenoxy) is 2. The van der Waals surface area contributed by atoms with Gasteiger partial charge in [0.1, 0.15) is 13.2 Å². The summed E-state index contributed by atoms with van der Waals surface area (Å²) in [4.78, 5) is 26.9. The number of fused-ring (bicyclic) bond motifs is 2. The molecule has 0 saturated carbocycles. The van der Waals surface area contributed by atoms with Gasteiger partial charge in [-0.1, -0.05) is 24.3 Å². The summed E-state index contributed by atoms with van der Waals surface area (Å²) in [7, 11) is 1.89. The average Bonchev–Trinajstić information content (AvgIpc) is 2.87. The third-order valence-electron chi connectivity index (χ3n) is 6.89. The van der Waals surface area contributed by atoms with Crippen molar-refractivity contribution in [1.82, 2.24) is 14.9 Å². The predicted octanol–water partition coefficient (Wildman–Crippen LogP) is 4.15. The Morgan fingerprint density at radius 3 is 2.58 bits per heavy atom. The highest BCUT2D eigenvalue weighted by atomic mass is 16.6. The van der Waals surface area contributed by atoms with Crippen LogP contribution in [0.5, 0.6) is 11.5 Å². The molecule has 33 heavy (non-hydrogen) atoms. The number of aryl methyl sites for hydroxylation is 1. The molecule has 7 heteroatoms. The maximum Gasteiger partial charge on any atom is 0.226 e. The number of rotatable bonds is 4. The van der Waals surface area contributed by atoms with E-state index in [0.717, 1.165) is 65.5 Å². The highest BCUT2D eigenvalue weighted by Gasteiger charge is 2.30. The van der Waals surface area contributed by atoms with E-state index in [0.29, 0.717) is 13.2 Å². The Morgan fingerprint density at radius 2 is 1.79 bits per heavy atom. The number of hydrogen-bond acceptors (Lipinski definition) is 6. The number of anilines is 1. The summed E-state index contributed by atoms with van der Waals surface area (Å²) in [5.41, 5.74) is 3.00. The van der Waals surface area contributed by atoms with Crippen molar-refractivity contribution in [3.05, 3.63) is 53.7 Å². The normalized spacial score (nSPS) is 17.1. The maximum atomic E-state index is 13.3. The van der Waals surface area contributed by atoms with Gasteiger partial charge < -0.3 is 19.3 Å². The molecule has 0 bridgehead atoms. The molecule has 0 unspecified atom stereocenters. The molecule has 5 rings (SSSR count). The summed E-state index contributed by atoms with van der Waals surface area (Å²) >= 11 is 0. The van der Waals surface area contributed by atoms with Crippen LogP contribution in [-0.2, 0) is 4.79 Å². The molecule has 0 aliphatic carbocycles. The molecule has 3 aromatic rings. The van der Waals surface area contributed by atoms with Crippen LogP contribution in [0.3, 0.4) is 0 Å². The standard InChI is InChI=1S/C26H30N4O3/c1-17-21-6-4-5-7-22(21)28-26(27-17)30-12-10-19(11-13-30)25(31)29(3)18(2)20-8-9-23-24(16-20)33-15-14-32-23/h4-9,16,18-19H,10-15H2,1-3H3/t18-/m1/s1. The van der Waals surface area contributed by atoms with Crippen LogP contribution in [0.15, 0.2) is 42.5 Å². The average molecular weight is 447 g/mol. The summed E-state index contributed by atoms with van der Waals surface area (Å²) in [6.45, 7) is 6.77. The van der Waals surface area contributed by atoms with E-state index in [9.17, 15) is 4.79 Å². The molecule has 2 aliphatic rings. The molecular weight excluding hydrogens is 416 g/mol. The van der Waals surface area contributed by atoms with Crippen LogP contribution in [0.25, 0.3) is 10.9 Å². The van der Waals surface area contributed by atoms with Gasteiger partial charge in [0.15, 0.2) is 11.5 Å². The van der Waals surface area contributed by atoms with Crippen molar-refractivity contribution < 1.29 is 14.3 Å². The molecule has 2 aliphatic heterocycles. The number of para-hydroxylation sites is 1. The van der Waals surface area contributed by atoms with Crippen molar-refractivity contribution in [2.45, 2.75) is 32.7 Å². The minimum Gasteiger partial charge on any atom is -0.486 e. The van der Waals surface area contributed by atoms with E-state index in [4.69, 9.17) is 19.4 Å². The molecule has 1 saturated heterocycles. The van der Waals surface area contributed by atoms with E-state index in [1.807, 2.05) is 55.3 Å². The summed E-state index contributed by atoms with van der Waals surface area (Å²) in [6.07, 6.45) is 1.60. The van der Waals surface area contributed by atoms with Crippen LogP contribution in [0.2, 0.25) is 0 Å². The Balaban J connectivity index is 1.24. The lowest BCUT2D eigenvalue weighted by molar-refractivity contribution is -0.136. The fourth-order valence-electron chi connectivity index (χ4n) is 4.71. The van der Waals surface area contributed by atoms with Gasteiger partial charge in [-0.3, -0.25) is 4.79 Å². The van der Waals surface area contributed by atoms with Gasteiger partial charge >= 0.3 is 0 Å². The molecule has 3 heterocycles. The molecule has 7 nitrogen and oxygen atoms in total. The van der Waals surface area contributed by atoms with Gasteiger partial charge in [0.2, 0.25) is 11.9 Å². The minimum atomic E-state index is -0.0437. The largest absolute Gasteiger partial charge is 0.486 e. The zero-order chi connectivity index (χ0) is 22.9. The molecule has 1 amide bonds. The van der Waals surface area contributed by atoms with Crippen LogP contribution in [0.1, 0.15) is 37.1 Å². The Kier molecular flexibility index (Phi) is 5.79. The summed E-state index contributed by atoms with van der Waals surface area (Å²) in [5, 5.41) is 1.08. The van der Waals surface area contributed by atoms with Crippen molar-refractivity contribution >= 4 is 22.8 Å². The topological polar surface area (TPSA) is 67.8 Å². The van der Waals surface area contributed by atoms with Crippen LogP contribution < -0.4 is 14.4 Å². The van der Waals surface area contributed by atoms with Crippen molar-refractivity contribution in [3.63, 3.8) is 0 Å². The number of benzene rings is 2. The fourth-order valence-corrected chi connectivity index (χ4v) is 4.71. The molecular formula is C26H30N4O3. The lowest BCUT2D eigenvalue weighted by atomic mass is 9.94. The first-order chi connectivity index (χ1) is 16.0. The number of carbonyl (C=O) groups excluding carboxylic acids is 1. The lowest BCUT2D eigenvalue weighted by Gasteiger charge is -2.35. The van der Waals surface area contributed by atoms with Crippen molar-refractivity contribution in [3.8, 4) is 11.5 Å². The van der Waals surface area contributed by atoms with Gasteiger partial charge in [-0.05, 0) is 50.5 Å².